The van der Waals surface area contributed by atoms with Crippen LogP contribution in [0.1, 0.15) is 31.7 Å². The van der Waals surface area contributed by atoms with Gasteiger partial charge in [-0.2, -0.15) is 0 Å². The number of carboxylic acid groups (broad SMARTS) is 1. The van der Waals surface area contributed by atoms with Crippen LogP contribution >= 0.6 is 0 Å². The minimum absolute atomic E-state index is 0.154. The number of aliphatic carboxylic acids is 1. The van der Waals surface area contributed by atoms with Gasteiger partial charge in [0.15, 0.2) is 0 Å². The third-order valence-corrected chi connectivity index (χ3v) is 4.47. The van der Waals surface area contributed by atoms with E-state index in [0.29, 0.717) is 17.7 Å². The van der Waals surface area contributed by atoms with Gasteiger partial charge in [-0.3, -0.25) is 4.79 Å². The summed E-state index contributed by atoms with van der Waals surface area (Å²) in [5.74, 6) is -1.32. The number of likely N-dealkylation sites (tertiary alicyclic amines) is 1. The Hall–Kier alpha value is -2.15. The highest BCUT2D eigenvalue weighted by Crippen LogP contribution is 2.31. The molecule has 3 N–H and O–H groups in total. The van der Waals surface area contributed by atoms with Crippen molar-refractivity contribution >= 4 is 11.9 Å². The molecule has 24 heavy (non-hydrogen) atoms. The smallest absolute Gasteiger partial charge is 0.348 e. The van der Waals surface area contributed by atoms with Gasteiger partial charge in [0.1, 0.15) is 11.6 Å². The number of nitrogens with zero attached hydrogens (tertiary/aromatic N) is 1. The summed E-state index contributed by atoms with van der Waals surface area (Å²) in [5, 5.41) is 9.65. The molecule has 6 nitrogen and oxygen atoms in total. The van der Waals surface area contributed by atoms with Crippen LogP contribution in [0.25, 0.3) is 0 Å². The van der Waals surface area contributed by atoms with Gasteiger partial charge in [0, 0.05) is 25.9 Å². The van der Waals surface area contributed by atoms with Crippen LogP contribution in [-0.4, -0.2) is 46.6 Å². The molecule has 0 bridgehead atoms. The molecule has 1 aliphatic rings. The first-order valence-corrected chi connectivity index (χ1v) is 8.02. The fourth-order valence-corrected chi connectivity index (χ4v) is 2.79. The quantitative estimate of drug-likeness (QED) is 0.852. The first kappa shape index (κ1) is 18.2. The van der Waals surface area contributed by atoms with Gasteiger partial charge in [-0.1, -0.05) is 6.92 Å². The summed E-state index contributed by atoms with van der Waals surface area (Å²) in [4.78, 5) is 25.5. The molecule has 1 amide bonds. The zero-order chi connectivity index (χ0) is 17.9. The van der Waals surface area contributed by atoms with Crippen molar-refractivity contribution in [1.82, 2.24) is 4.90 Å². The Kier molecular flexibility index (Phi) is 5.43. The van der Waals surface area contributed by atoms with Crippen LogP contribution in [-0.2, 0) is 9.59 Å². The summed E-state index contributed by atoms with van der Waals surface area (Å²) in [6.45, 7) is 4.01. The topological polar surface area (TPSA) is 92.9 Å². The molecule has 0 unspecified atom stereocenters. The van der Waals surface area contributed by atoms with Crippen LogP contribution in [0, 0.1) is 12.7 Å². The van der Waals surface area contributed by atoms with E-state index >= 15 is 0 Å². The van der Waals surface area contributed by atoms with Crippen molar-refractivity contribution in [3.8, 4) is 5.75 Å². The first-order valence-electron chi connectivity index (χ1n) is 8.02. The number of ether oxygens (including phenoxy) is 1. The number of halogens is 1. The summed E-state index contributed by atoms with van der Waals surface area (Å²) in [7, 11) is 0. The Morgan fingerprint density at radius 1 is 1.42 bits per heavy atom. The molecule has 0 saturated carbocycles. The predicted molar refractivity (Wildman–Crippen MR) is 86.2 cm³/mol. The summed E-state index contributed by atoms with van der Waals surface area (Å²) in [6, 6.07) is 3.39. The second kappa shape index (κ2) is 7.17. The zero-order valence-corrected chi connectivity index (χ0v) is 13.9. The molecular formula is C17H23FN2O4. The molecule has 1 saturated heterocycles. The number of nitrogens with two attached hydrogens (primary N) is 1. The molecule has 0 spiro atoms. The van der Waals surface area contributed by atoms with Crippen molar-refractivity contribution in [2.75, 3.05) is 13.1 Å². The highest BCUT2D eigenvalue weighted by molar-refractivity contribution is 5.83. The molecule has 1 aromatic rings. The molecule has 1 aliphatic heterocycles. The van der Waals surface area contributed by atoms with Crippen LogP contribution in [0.15, 0.2) is 18.2 Å². The SMILES string of the molecule is CC[C@H](N)C(=O)N1CCC(Oc2ccc(F)cc2C)(C(=O)O)CC1. The van der Waals surface area contributed by atoms with E-state index in [2.05, 4.69) is 0 Å². The number of piperidine rings is 1. The maximum Gasteiger partial charge on any atom is 0.348 e. The van der Waals surface area contributed by atoms with Gasteiger partial charge in [-0.25, -0.2) is 9.18 Å². The Bertz CT molecular complexity index is 627. The number of carboxylic acids is 1. The summed E-state index contributed by atoms with van der Waals surface area (Å²) < 4.78 is 19.0. The van der Waals surface area contributed by atoms with Crippen LogP contribution in [0.3, 0.4) is 0 Å². The Morgan fingerprint density at radius 3 is 2.54 bits per heavy atom. The number of carbonyl (C=O) groups excluding carboxylic acids is 1. The number of hydrogen-bond donors (Lipinski definition) is 2. The number of benzene rings is 1. The monoisotopic (exact) mass is 338 g/mol. The second-order valence-electron chi connectivity index (χ2n) is 6.15. The molecule has 0 radical (unpaired) electrons. The van der Waals surface area contributed by atoms with Gasteiger partial charge in [0.05, 0.1) is 6.04 Å². The summed E-state index contributed by atoms with van der Waals surface area (Å²) in [5.41, 5.74) is 4.87. The lowest BCUT2D eigenvalue weighted by Gasteiger charge is -2.39. The minimum Gasteiger partial charge on any atom is -0.478 e. The van der Waals surface area contributed by atoms with Crippen molar-refractivity contribution < 1.29 is 23.8 Å². The maximum atomic E-state index is 13.2. The molecule has 132 valence electrons. The number of carbonyl (C=O) groups is 2. The van der Waals surface area contributed by atoms with Crippen molar-refractivity contribution in [3.63, 3.8) is 0 Å². The van der Waals surface area contributed by atoms with Gasteiger partial charge >= 0.3 is 5.97 Å². The number of hydrogen-bond acceptors (Lipinski definition) is 4. The molecule has 1 heterocycles. The van der Waals surface area contributed by atoms with Crippen LogP contribution in [0.4, 0.5) is 4.39 Å². The molecule has 0 aliphatic carbocycles. The average molecular weight is 338 g/mol. The fourth-order valence-electron chi connectivity index (χ4n) is 2.79. The van der Waals surface area contributed by atoms with Gasteiger partial charge < -0.3 is 20.5 Å². The summed E-state index contributed by atoms with van der Waals surface area (Å²) in [6.07, 6.45) is 0.841. The molecule has 2 rings (SSSR count). The van der Waals surface area contributed by atoms with E-state index < -0.39 is 23.4 Å². The summed E-state index contributed by atoms with van der Waals surface area (Å²) >= 11 is 0. The Labute approximate surface area is 140 Å². The van der Waals surface area contributed by atoms with E-state index in [9.17, 15) is 19.1 Å². The van der Waals surface area contributed by atoms with Crippen molar-refractivity contribution in [1.29, 1.82) is 0 Å². The van der Waals surface area contributed by atoms with E-state index in [0.717, 1.165) is 0 Å². The standard InChI is InChI=1S/C17H23FN2O4/c1-3-13(19)15(21)20-8-6-17(7-9-20,16(22)23)24-14-5-4-12(18)10-11(14)2/h4-5,10,13H,3,6-9,19H2,1-2H3,(H,22,23)/t13-/m0/s1. The Balaban J connectivity index is 2.14. The lowest BCUT2D eigenvalue weighted by atomic mass is 9.90. The molecule has 7 heteroatoms. The highest BCUT2D eigenvalue weighted by atomic mass is 19.1. The third kappa shape index (κ3) is 3.67. The number of rotatable bonds is 5. The molecule has 1 atom stereocenters. The largest absolute Gasteiger partial charge is 0.478 e. The lowest BCUT2D eigenvalue weighted by Crippen LogP contribution is -2.56. The average Bonchev–Trinajstić information content (AvgIpc) is 2.56. The zero-order valence-electron chi connectivity index (χ0n) is 13.9. The lowest BCUT2D eigenvalue weighted by molar-refractivity contribution is -0.162. The van der Waals surface area contributed by atoms with E-state index in [1.807, 2.05) is 6.92 Å². The van der Waals surface area contributed by atoms with Crippen LogP contribution in [0.5, 0.6) is 5.75 Å². The maximum absolute atomic E-state index is 13.2. The van der Waals surface area contributed by atoms with Gasteiger partial charge in [-0.05, 0) is 37.1 Å². The Morgan fingerprint density at radius 2 is 2.04 bits per heavy atom. The molecule has 0 aromatic heterocycles. The van der Waals surface area contributed by atoms with E-state index in [1.165, 1.54) is 18.2 Å². The van der Waals surface area contributed by atoms with E-state index in [1.54, 1.807) is 11.8 Å². The first-order chi connectivity index (χ1) is 11.3. The van der Waals surface area contributed by atoms with Gasteiger partial charge in [0.25, 0.3) is 0 Å². The van der Waals surface area contributed by atoms with Gasteiger partial charge in [0.2, 0.25) is 11.5 Å². The molecule has 1 aromatic carbocycles. The van der Waals surface area contributed by atoms with E-state index in [-0.39, 0.29) is 31.8 Å². The number of aryl methyl sites for hydroxylation is 1. The van der Waals surface area contributed by atoms with Crippen LogP contribution in [0.2, 0.25) is 0 Å². The molecular weight excluding hydrogens is 315 g/mol. The fraction of sp³-hybridized carbons (Fsp3) is 0.529. The van der Waals surface area contributed by atoms with E-state index in [4.69, 9.17) is 10.5 Å². The highest BCUT2D eigenvalue weighted by Gasteiger charge is 2.45. The van der Waals surface area contributed by atoms with Crippen molar-refractivity contribution in [2.24, 2.45) is 5.73 Å². The van der Waals surface area contributed by atoms with Crippen molar-refractivity contribution in [2.45, 2.75) is 44.8 Å². The second-order valence-corrected chi connectivity index (χ2v) is 6.15. The van der Waals surface area contributed by atoms with Gasteiger partial charge in [-0.15, -0.1) is 0 Å². The third-order valence-electron chi connectivity index (χ3n) is 4.47. The normalized spacial score (nSPS) is 18.1. The number of amides is 1. The van der Waals surface area contributed by atoms with Crippen LogP contribution < -0.4 is 10.5 Å². The molecule has 1 fully saturated rings. The minimum atomic E-state index is -1.42. The predicted octanol–water partition coefficient (Wildman–Crippen LogP) is 1.70. The van der Waals surface area contributed by atoms with Crippen molar-refractivity contribution in [3.05, 3.63) is 29.6 Å².